The highest BCUT2D eigenvalue weighted by molar-refractivity contribution is 7.89. The van der Waals surface area contributed by atoms with E-state index in [1.165, 1.54) is 0 Å². The van der Waals surface area contributed by atoms with E-state index in [0.717, 1.165) is 32.1 Å². The number of aliphatic hydroxyl groups is 1. The van der Waals surface area contributed by atoms with E-state index in [0.29, 0.717) is 6.61 Å². The summed E-state index contributed by atoms with van der Waals surface area (Å²) in [5.74, 6) is -0.0391. The van der Waals surface area contributed by atoms with Gasteiger partial charge in [0.1, 0.15) is 0 Å². The molecule has 0 radical (unpaired) electrons. The van der Waals surface area contributed by atoms with Crippen LogP contribution in [-0.4, -0.2) is 44.6 Å². The van der Waals surface area contributed by atoms with Crippen LogP contribution in [0.2, 0.25) is 0 Å². The molecule has 0 saturated heterocycles. The highest BCUT2D eigenvalue weighted by atomic mass is 32.2. The molecular formula is C11H23NO4S. The van der Waals surface area contributed by atoms with E-state index in [1.54, 1.807) is 0 Å². The average molecular weight is 265 g/mol. The molecule has 0 aromatic rings. The Morgan fingerprint density at radius 1 is 1.29 bits per heavy atom. The maximum absolute atomic E-state index is 11.8. The van der Waals surface area contributed by atoms with Crippen molar-refractivity contribution in [1.82, 2.24) is 4.72 Å². The van der Waals surface area contributed by atoms with Crippen molar-refractivity contribution in [3.05, 3.63) is 0 Å². The molecule has 102 valence electrons. The lowest BCUT2D eigenvalue weighted by Gasteiger charge is -2.36. The smallest absolute Gasteiger partial charge is 0.214 e. The van der Waals surface area contributed by atoms with Gasteiger partial charge in [-0.15, -0.1) is 0 Å². The van der Waals surface area contributed by atoms with Crippen molar-refractivity contribution in [3.8, 4) is 0 Å². The second kappa shape index (κ2) is 6.68. The molecule has 1 saturated carbocycles. The molecular weight excluding hydrogens is 242 g/mol. The minimum Gasteiger partial charge on any atom is -0.394 e. The third-order valence-electron chi connectivity index (χ3n) is 3.19. The minimum absolute atomic E-state index is 0.0391. The number of aliphatic hydroxyl groups excluding tert-OH is 1. The van der Waals surface area contributed by atoms with Crippen molar-refractivity contribution in [2.45, 2.75) is 44.6 Å². The standard InChI is InChI=1S/C11H23NO4S/c1-2-16-8-9-17(14,15)12-11(10-13)6-4-3-5-7-11/h12-13H,2-10H2,1H3. The minimum atomic E-state index is -3.36. The van der Waals surface area contributed by atoms with Gasteiger partial charge in [0.05, 0.1) is 24.5 Å². The van der Waals surface area contributed by atoms with E-state index in [1.807, 2.05) is 6.92 Å². The molecule has 6 heteroatoms. The van der Waals surface area contributed by atoms with Crippen LogP contribution in [0, 0.1) is 0 Å². The largest absolute Gasteiger partial charge is 0.394 e. The van der Waals surface area contributed by atoms with Gasteiger partial charge in [-0.2, -0.15) is 0 Å². The molecule has 0 heterocycles. The van der Waals surface area contributed by atoms with Gasteiger partial charge in [0.2, 0.25) is 10.0 Å². The van der Waals surface area contributed by atoms with Crippen LogP contribution in [-0.2, 0) is 14.8 Å². The van der Waals surface area contributed by atoms with Gasteiger partial charge in [0, 0.05) is 6.61 Å². The molecule has 1 aliphatic carbocycles. The fraction of sp³-hybridized carbons (Fsp3) is 1.00. The summed E-state index contributed by atoms with van der Waals surface area (Å²) < 4.78 is 31.4. The summed E-state index contributed by atoms with van der Waals surface area (Å²) in [7, 11) is -3.36. The lowest BCUT2D eigenvalue weighted by molar-refractivity contribution is 0.140. The number of nitrogens with one attached hydrogen (secondary N) is 1. The molecule has 0 aromatic carbocycles. The first kappa shape index (κ1) is 14.9. The van der Waals surface area contributed by atoms with Gasteiger partial charge in [0.25, 0.3) is 0 Å². The van der Waals surface area contributed by atoms with Crippen LogP contribution in [0.5, 0.6) is 0 Å². The maximum atomic E-state index is 11.8. The van der Waals surface area contributed by atoms with Crippen molar-refractivity contribution in [1.29, 1.82) is 0 Å². The zero-order valence-electron chi connectivity index (χ0n) is 10.4. The van der Waals surface area contributed by atoms with Crippen LogP contribution < -0.4 is 4.72 Å². The van der Waals surface area contributed by atoms with Crippen LogP contribution >= 0.6 is 0 Å². The number of ether oxygens (including phenoxy) is 1. The summed E-state index contributed by atoms with van der Waals surface area (Å²) in [6, 6.07) is 0. The van der Waals surface area contributed by atoms with E-state index >= 15 is 0 Å². The Morgan fingerprint density at radius 3 is 2.47 bits per heavy atom. The van der Waals surface area contributed by atoms with Crippen molar-refractivity contribution in [2.75, 3.05) is 25.6 Å². The first-order valence-electron chi connectivity index (χ1n) is 6.24. The van der Waals surface area contributed by atoms with E-state index < -0.39 is 15.6 Å². The van der Waals surface area contributed by atoms with Gasteiger partial charge >= 0.3 is 0 Å². The first-order valence-corrected chi connectivity index (χ1v) is 7.89. The van der Waals surface area contributed by atoms with Crippen LogP contribution in [0.15, 0.2) is 0 Å². The molecule has 0 amide bonds. The lowest BCUT2D eigenvalue weighted by atomic mass is 9.83. The number of sulfonamides is 1. The van der Waals surface area contributed by atoms with Crippen LogP contribution in [0.25, 0.3) is 0 Å². The molecule has 0 unspecified atom stereocenters. The van der Waals surface area contributed by atoms with E-state index in [-0.39, 0.29) is 19.0 Å². The summed E-state index contributed by atoms with van der Waals surface area (Å²) in [5, 5.41) is 9.42. The number of hydrogen-bond acceptors (Lipinski definition) is 4. The maximum Gasteiger partial charge on any atom is 0.214 e. The molecule has 0 aliphatic heterocycles. The highest BCUT2D eigenvalue weighted by Crippen LogP contribution is 2.28. The summed E-state index contributed by atoms with van der Waals surface area (Å²) in [4.78, 5) is 0. The van der Waals surface area contributed by atoms with Crippen LogP contribution in [0.4, 0.5) is 0 Å². The number of hydrogen-bond donors (Lipinski definition) is 2. The molecule has 2 N–H and O–H groups in total. The normalized spacial score (nSPS) is 20.4. The van der Waals surface area contributed by atoms with Gasteiger partial charge in [-0.1, -0.05) is 19.3 Å². The molecule has 1 fully saturated rings. The molecule has 0 spiro atoms. The second-order valence-electron chi connectivity index (χ2n) is 4.62. The molecule has 5 nitrogen and oxygen atoms in total. The Hall–Kier alpha value is -0.170. The molecule has 0 atom stereocenters. The first-order chi connectivity index (χ1) is 8.04. The fourth-order valence-electron chi connectivity index (χ4n) is 2.21. The van der Waals surface area contributed by atoms with E-state index in [2.05, 4.69) is 4.72 Å². The molecule has 17 heavy (non-hydrogen) atoms. The Labute approximate surface area is 104 Å². The SMILES string of the molecule is CCOCCS(=O)(=O)NC1(CO)CCCCC1. The zero-order chi connectivity index (χ0) is 12.8. The average Bonchev–Trinajstić information content (AvgIpc) is 2.30. The van der Waals surface area contributed by atoms with Crippen molar-refractivity contribution in [3.63, 3.8) is 0 Å². The van der Waals surface area contributed by atoms with Gasteiger partial charge in [0.15, 0.2) is 0 Å². The van der Waals surface area contributed by atoms with Gasteiger partial charge < -0.3 is 9.84 Å². The summed E-state index contributed by atoms with van der Waals surface area (Å²) in [6.45, 7) is 2.42. The molecule has 0 aromatic heterocycles. The third-order valence-corrected chi connectivity index (χ3v) is 4.63. The zero-order valence-corrected chi connectivity index (χ0v) is 11.3. The predicted molar refractivity (Wildman–Crippen MR) is 66.3 cm³/mol. The predicted octanol–water partition coefficient (Wildman–Crippen LogP) is 0.637. The van der Waals surface area contributed by atoms with Crippen LogP contribution in [0.3, 0.4) is 0 Å². The fourth-order valence-corrected chi connectivity index (χ4v) is 3.58. The second-order valence-corrected chi connectivity index (χ2v) is 6.46. The molecule has 1 rings (SSSR count). The Morgan fingerprint density at radius 2 is 1.94 bits per heavy atom. The topological polar surface area (TPSA) is 75.6 Å². The number of rotatable bonds is 7. The third kappa shape index (κ3) is 4.91. The molecule has 1 aliphatic rings. The van der Waals surface area contributed by atoms with Crippen molar-refractivity contribution >= 4 is 10.0 Å². The Kier molecular flexibility index (Phi) is 5.85. The monoisotopic (exact) mass is 265 g/mol. The summed E-state index contributed by atoms with van der Waals surface area (Å²) in [6.07, 6.45) is 4.49. The summed E-state index contributed by atoms with van der Waals surface area (Å²) in [5.41, 5.74) is -0.636. The van der Waals surface area contributed by atoms with E-state index in [4.69, 9.17) is 4.74 Å². The van der Waals surface area contributed by atoms with Gasteiger partial charge in [-0.3, -0.25) is 0 Å². The van der Waals surface area contributed by atoms with Crippen LogP contribution in [0.1, 0.15) is 39.0 Å². The lowest BCUT2D eigenvalue weighted by Crippen LogP contribution is -2.53. The highest BCUT2D eigenvalue weighted by Gasteiger charge is 2.35. The quantitative estimate of drug-likeness (QED) is 0.662. The van der Waals surface area contributed by atoms with Crippen molar-refractivity contribution < 1.29 is 18.3 Å². The van der Waals surface area contributed by atoms with Gasteiger partial charge in [-0.05, 0) is 19.8 Å². The summed E-state index contributed by atoms with van der Waals surface area (Å²) >= 11 is 0. The Bertz CT molecular complexity index is 309. The van der Waals surface area contributed by atoms with Gasteiger partial charge in [-0.25, -0.2) is 13.1 Å². The Balaban J connectivity index is 2.54. The van der Waals surface area contributed by atoms with E-state index in [9.17, 15) is 13.5 Å². The van der Waals surface area contributed by atoms with Crippen molar-refractivity contribution in [2.24, 2.45) is 0 Å². The molecule has 0 bridgehead atoms.